The summed E-state index contributed by atoms with van der Waals surface area (Å²) >= 11 is 0. The summed E-state index contributed by atoms with van der Waals surface area (Å²) < 4.78 is 0. The summed E-state index contributed by atoms with van der Waals surface area (Å²) in [6.45, 7) is 0. The van der Waals surface area contributed by atoms with Gasteiger partial charge in [0.15, 0.2) is 0 Å². The van der Waals surface area contributed by atoms with Crippen LogP contribution in [0.15, 0.2) is 85.3 Å². The average Bonchev–Trinajstić information content (AvgIpc) is 2.51. The Balaban J connectivity index is 0.000000169. The van der Waals surface area contributed by atoms with Crippen LogP contribution in [-0.2, 0) is 0 Å². The van der Waals surface area contributed by atoms with Crippen molar-refractivity contribution in [3.05, 3.63) is 85.3 Å². The summed E-state index contributed by atoms with van der Waals surface area (Å²) in [5, 5.41) is 0. The van der Waals surface area contributed by atoms with Crippen LogP contribution in [0.3, 0.4) is 0 Å². The van der Waals surface area contributed by atoms with Crippen molar-refractivity contribution in [3.63, 3.8) is 0 Å². The van der Waals surface area contributed by atoms with Gasteiger partial charge < -0.3 is 0 Å². The molecule has 0 spiro atoms. The number of nitrogens with zero attached hydrogens (tertiary/aromatic N) is 2. The van der Waals surface area contributed by atoms with Crippen molar-refractivity contribution < 1.29 is 0 Å². The second-order valence-corrected chi connectivity index (χ2v) is 3.61. The molecule has 0 aliphatic carbocycles. The van der Waals surface area contributed by atoms with E-state index in [1.165, 1.54) is 0 Å². The van der Waals surface area contributed by atoms with Gasteiger partial charge in [-0.2, -0.15) is 0 Å². The van der Waals surface area contributed by atoms with Crippen LogP contribution in [0.5, 0.6) is 0 Å². The highest BCUT2D eigenvalue weighted by atomic mass is 14.7. The second-order valence-electron chi connectivity index (χ2n) is 3.61. The zero-order chi connectivity index (χ0) is 12.5. The van der Waals surface area contributed by atoms with Gasteiger partial charge in [0.1, 0.15) is 0 Å². The summed E-state index contributed by atoms with van der Waals surface area (Å²) in [7, 11) is 0. The Bertz CT molecular complexity index is 472. The fourth-order valence-corrected chi connectivity index (χ4v) is 1.46. The number of hydrogen-bond donors (Lipinski definition) is 0. The summed E-state index contributed by atoms with van der Waals surface area (Å²) in [5.74, 6) is 0. The van der Waals surface area contributed by atoms with Crippen LogP contribution in [0.1, 0.15) is 0 Å². The van der Waals surface area contributed by atoms with Crippen LogP contribution < -0.4 is 0 Å². The van der Waals surface area contributed by atoms with Crippen LogP contribution in [0.25, 0.3) is 11.3 Å². The average molecular weight is 234 g/mol. The minimum atomic E-state index is 1.03. The van der Waals surface area contributed by atoms with Crippen molar-refractivity contribution in [2.75, 3.05) is 0 Å². The number of hydrogen-bond acceptors (Lipinski definition) is 2. The molecule has 0 atom stereocenters. The maximum atomic E-state index is 4.25. The largest absolute Gasteiger partial charge is 0.265 e. The van der Waals surface area contributed by atoms with Gasteiger partial charge in [-0.3, -0.25) is 9.97 Å². The molecule has 0 fully saturated rings. The number of aromatic nitrogens is 2. The first-order valence-corrected chi connectivity index (χ1v) is 5.78. The van der Waals surface area contributed by atoms with Crippen molar-refractivity contribution in [3.8, 4) is 11.3 Å². The predicted octanol–water partition coefficient (Wildman–Crippen LogP) is 3.83. The van der Waals surface area contributed by atoms with E-state index in [9.17, 15) is 0 Å². The molecule has 2 aromatic heterocycles. The third-order valence-electron chi connectivity index (χ3n) is 2.30. The lowest BCUT2D eigenvalue weighted by Gasteiger charge is -1.97. The summed E-state index contributed by atoms with van der Waals surface area (Å²) in [4.78, 5) is 8.03. The topological polar surface area (TPSA) is 25.8 Å². The zero-order valence-electron chi connectivity index (χ0n) is 9.98. The standard InChI is InChI=1S/C11H9N.C5H5N/c1-2-6-10(7-3-1)11-8-4-5-9-12-11;1-2-4-6-5-3-1/h1-9H;1-5H. The van der Waals surface area contributed by atoms with Crippen molar-refractivity contribution in [1.82, 2.24) is 9.97 Å². The molecule has 2 heterocycles. The first-order chi connectivity index (χ1) is 8.97. The molecule has 18 heavy (non-hydrogen) atoms. The number of benzene rings is 1. The highest BCUT2D eigenvalue weighted by molar-refractivity contribution is 5.58. The van der Waals surface area contributed by atoms with E-state index in [0.717, 1.165) is 11.3 Å². The van der Waals surface area contributed by atoms with Crippen LogP contribution in [0, 0.1) is 0 Å². The molecule has 0 bridgehead atoms. The Kier molecular flexibility index (Phi) is 4.64. The van der Waals surface area contributed by atoms with Crippen LogP contribution in [-0.4, -0.2) is 9.97 Å². The van der Waals surface area contributed by atoms with Gasteiger partial charge in [0.05, 0.1) is 5.69 Å². The molecule has 0 aliphatic heterocycles. The summed E-state index contributed by atoms with van der Waals surface area (Å²) in [6, 6.07) is 21.8. The van der Waals surface area contributed by atoms with E-state index in [4.69, 9.17) is 0 Å². The smallest absolute Gasteiger partial charge is 0.0701 e. The molecule has 0 saturated heterocycles. The Morgan fingerprint density at radius 1 is 0.556 bits per heavy atom. The highest BCUT2D eigenvalue weighted by Gasteiger charge is 1.93. The monoisotopic (exact) mass is 234 g/mol. The van der Waals surface area contributed by atoms with Crippen molar-refractivity contribution in [2.24, 2.45) is 0 Å². The normalized spacial score (nSPS) is 9.11. The highest BCUT2D eigenvalue weighted by Crippen LogP contribution is 2.14. The first-order valence-electron chi connectivity index (χ1n) is 5.78. The van der Waals surface area contributed by atoms with Gasteiger partial charge in [0.25, 0.3) is 0 Å². The Hall–Kier alpha value is -2.48. The van der Waals surface area contributed by atoms with Crippen LogP contribution >= 0.6 is 0 Å². The molecule has 3 rings (SSSR count). The van der Waals surface area contributed by atoms with E-state index in [1.807, 2.05) is 60.8 Å². The predicted molar refractivity (Wildman–Crippen MR) is 73.9 cm³/mol. The van der Waals surface area contributed by atoms with E-state index in [2.05, 4.69) is 22.1 Å². The van der Waals surface area contributed by atoms with Gasteiger partial charge in [-0.15, -0.1) is 0 Å². The molecule has 2 nitrogen and oxygen atoms in total. The molecule has 3 aromatic rings. The van der Waals surface area contributed by atoms with Crippen molar-refractivity contribution in [2.45, 2.75) is 0 Å². The van der Waals surface area contributed by atoms with E-state index in [1.54, 1.807) is 12.4 Å². The lowest BCUT2D eigenvalue weighted by Crippen LogP contribution is -1.79. The minimum absolute atomic E-state index is 1.03. The third-order valence-corrected chi connectivity index (χ3v) is 2.30. The van der Waals surface area contributed by atoms with E-state index in [-0.39, 0.29) is 0 Å². The van der Waals surface area contributed by atoms with Crippen LogP contribution in [0.4, 0.5) is 0 Å². The van der Waals surface area contributed by atoms with Gasteiger partial charge in [-0.05, 0) is 24.3 Å². The van der Waals surface area contributed by atoms with E-state index >= 15 is 0 Å². The molecule has 0 N–H and O–H groups in total. The minimum Gasteiger partial charge on any atom is -0.265 e. The lowest BCUT2D eigenvalue weighted by atomic mass is 10.1. The Morgan fingerprint density at radius 3 is 1.67 bits per heavy atom. The second kappa shape index (κ2) is 6.97. The molecule has 2 heteroatoms. The molecule has 0 saturated carbocycles. The van der Waals surface area contributed by atoms with Crippen LogP contribution in [0.2, 0.25) is 0 Å². The van der Waals surface area contributed by atoms with E-state index in [0.29, 0.717) is 0 Å². The van der Waals surface area contributed by atoms with Gasteiger partial charge in [-0.25, -0.2) is 0 Å². The maximum Gasteiger partial charge on any atom is 0.0701 e. The molecular weight excluding hydrogens is 220 g/mol. The van der Waals surface area contributed by atoms with Crippen molar-refractivity contribution >= 4 is 0 Å². The first kappa shape index (κ1) is 12.0. The SMILES string of the molecule is c1ccc(-c2ccccn2)cc1.c1ccncc1. The van der Waals surface area contributed by atoms with Gasteiger partial charge >= 0.3 is 0 Å². The molecule has 0 aliphatic rings. The number of rotatable bonds is 1. The lowest BCUT2D eigenvalue weighted by molar-refractivity contribution is 1.33. The number of pyridine rings is 2. The third kappa shape index (κ3) is 3.83. The van der Waals surface area contributed by atoms with Gasteiger partial charge in [0, 0.05) is 24.2 Å². The van der Waals surface area contributed by atoms with Gasteiger partial charge in [0.2, 0.25) is 0 Å². The molecule has 1 aromatic carbocycles. The summed E-state index contributed by atoms with van der Waals surface area (Å²) in [6.07, 6.45) is 5.31. The fraction of sp³-hybridized carbons (Fsp3) is 0. The molecule has 0 amide bonds. The van der Waals surface area contributed by atoms with Crippen molar-refractivity contribution in [1.29, 1.82) is 0 Å². The molecule has 0 radical (unpaired) electrons. The van der Waals surface area contributed by atoms with Gasteiger partial charge in [-0.1, -0.05) is 42.5 Å². The van der Waals surface area contributed by atoms with E-state index < -0.39 is 0 Å². The molecule has 88 valence electrons. The fourth-order valence-electron chi connectivity index (χ4n) is 1.46. The quantitative estimate of drug-likeness (QED) is 0.639. The maximum absolute atomic E-state index is 4.25. The zero-order valence-corrected chi connectivity index (χ0v) is 9.98. The molecule has 0 unspecified atom stereocenters. The summed E-state index contributed by atoms with van der Waals surface area (Å²) in [5.41, 5.74) is 2.19. The Morgan fingerprint density at radius 2 is 1.17 bits per heavy atom. The Labute approximate surface area is 107 Å². The molecular formula is C16H14N2.